The number of aromatic nitrogens is 1. The van der Waals surface area contributed by atoms with Crippen LogP contribution in [0.2, 0.25) is 0 Å². The van der Waals surface area contributed by atoms with Crippen molar-refractivity contribution in [1.29, 1.82) is 0 Å². The number of carbonyl (C=O) groups excluding carboxylic acids is 1. The molecule has 6 heteroatoms. The molecule has 19 heavy (non-hydrogen) atoms. The molecule has 0 spiro atoms. The first-order chi connectivity index (χ1) is 9.20. The van der Waals surface area contributed by atoms with Gasteiger partial charge in [0.15, 0.2) is 0 Å². The molecule has 1 fully saturated rings. The van der Waals surface area contributed by atoms with E-state index in [0.717, 1.165) is 30.9 Å². The topological polar surface area (TPSA) is 68.5 Å². The van der Waals surface area contributed by atoms with E-state index in [4.69, 9.17) is 10.5 Å². The number of carbonyl (C=O) groups is 1. The smallest absolute Gasteiger partial charge is 0.273 e. The first kappa shape index (κ1) is 14.4. The summed E-state index contributed by atoms with van der Waals surface area (Å²) in [7, 11) is 1.81. The third-order valence-electron chi connectivity index (χ3n) is 3.23. The van der Waals surface area contributed by atoms with Crippen molar-refractivity contribution in [3.63, 3.8) is 0 Å². The standard InChI is InChI=1S/C13H21N3O2S/c1-16(8-10-4-2-3-7-18-10)13(17)11-9-19-12(15-11)5-6-14/h9-10H,2-8,14H2,1H3. The second kappa shape index (κ2) is 6.98. The molecule has 1 amide bonds. The maximum Gasteiger partial charge on any atom is 0.273 e. The van der Waals surface area contributed by atoms with Crippen LogP contribution in [0.1, 0.15) is 34.8 Å². The van der Waals surface area contributed by atoms with E-state index in [1.54, 1.807) is 4.90 Å². The van der Waals surface area contributed by atoms with Crippen molar-refractivity contribution in [1.82, 2.24) is 9.88 Å². The number of thiazole rings is 1. The summed E-state index contributed by atoms with van der Waals surface area (Å²) < 4.78 is 5.65. The first-order valence-corrected chi connectivity index (χ1v) is 7.60. The van der Waals surface area contributed by atoms with E-state index in [-0.39, 0.29) is 12.0 Å². The van der Waals surface area contributed by atoms with E-state index in [9.17, 15) is 4.79 Å². The maximum atomic E-state index is 12.2. The lowest BCUT2D eigenvalue weighted by Crippen LogP contribution is -2.37. The summed E-state index contributed by atoms with van der Waals surface area (Å²) >= 11 is 1.50. The molecule has 2 rings (SSSR count). The first-order valence-electron chi connectivity index (χ1n) is 6.72. The summed E-state index contributed by atoms with van der Waals surface area (Å²) in [6.07, 6.45) is 4.25. The van der Waals surface area contributed by atoms with Crippen LogP contribution in [0.25, 0.3) is 0 Å². The van der Waals surface area contributed by atoms with E-state index in [0.29, 0.717) is 18.8 Å². The number of nitrogens with two attached hydrogens (primary N) is 1. The molecule has 0 saturated carbocycles. The maximum absolute atomic E-state index is 12.2. The van der Waals surface area contributed by atoms with Crippen LogP contribution < -0.4 is 5.73 Å². The lowest BCUT2D eigenvalue weighted by molar-refractivity contribution is -0.000278. The molecule has 0 bridgehead atoms. The Labute approximate surface area is 117 Å². The molecule has 2 heterocycles. The number of hydrogen-bond acceptors (Lipinski definition) is 5. The Morgan fingerprint density at radius 3 is 3.16 bits per heavy atom. The Morgan fingerprint density at radius 1 is 1.63 bits per heavy atom. The van der Waals surface area contributed by atoms with Crippen LogP contribution in [0.4, 0.5) is 0 Å². The lowest BCUT2D eigenvalue weighted by atomic mass is 10.1. The van der Waals surface area contributed by atoms with Gasteiger partial charge >= 0.3 is 0 Å². The molecule has 1 saturated heterocycles. The van der Waals surface area contributed by atoms with E-state index in [2.05, 4.69) is 4.98 Å². The predicted octanol–water partition coefficient (Wildman–Crippen LogP) is 1.29. The Morgan fingerprint density at radius 2 is 2.47 bits per heavy atom. The summed E-state index contributed by atoms with van der Waals surface area (Å²) in [6, 6.07) is 0. The molecule has 1 atom stereocenters. The molecule has 2 N–H and O–H groups in total. The fourth-order valence-corrected chi connectivity index (χ4v) is 2.97. The average molecular weight is 283 g/mol. The molecule has 0 aliphatic carbocycles. The molecular formula is C13H21N3O2S. The Bertz CT molecular complexity index is 416. The van der Waals surface area contributed by atoms with Crippen molar-refractivity contribution in [3.8, 4) is 0 Å². The molecule has 1 aliphatic rings. The highest BCUT2D eigenvalue weighted by molar-refractivity contribution is 7.09. The van der Waals surface area contributed by atoms with Gasteiger partial charge in [-0.2, -0.15) is 0 Å². The number of ether oxygens (including phenoxy) is 1. The SMILES string of the molecule is CN(CC1CCCCO1)C(=O)c1csc(CCN)n1. The van der Waals surface area contributed by atoms with Crippen molar-refractivity contribution in [3.05, 3.63) is 16.1 Å². The van der Waals surface area contributed by atoms with Gasteiger partial charge in [-0.25, -0.2) is 4.98 Å². The Kier molecular flexibility index (Phi) is 5.30. The van der Waals surface area contributed by atoms with Crippen LogP contribution in [0.15, 0.2) is 5.38 Å². The molecule has 1 aliphatic heterocycles. The Hall–Kier alpha value is -0.980. The van der Waals surface area contributed by atoms with Gasteiger partial charge in [0.2, 0.25) is 0 Å². The highest BCUT2D eigenvalue weighted by atomic mass is 32.1. The van der Waals surface area contributed by atoms with E-state index < -0.39 is 0 Å². The monoisotopic (exact) mass is 283 g/mol. The van der Waals surface area contributed by atoms with Crippen molar-refractivity contribution >= 4 is 17.2 Å². The zero-order chi connectivity index (χ0) is 13.7. The summed E-state index contributed by atoms with van der Waals surface area (Å²) in [5, 5.41) is 2.74. The molecule has 1 unspecified atom stereocenters. The van der Waals surface area contributed by atoms with Crippen molar-refractivity contribution < 1.29 is 9.53 Å². The number of hydrogen-bond donors (Lipinski definition) is 1. The van der Waals surface area contributed by atoms with E-state index >= 15 is 0 Å². The van der Waals surface area contributed by atoms with E-state index in [1.807, 2.05) is 12.4 Å². The molecule has 1 aromatic heterocycles. The average Bonchev–Trinajstić information content (AvgIpc) is 2.88. The zero-order valence-corrected chi connectivity index (χ0v) is 12.1. The van der Waals surface area contributed by atoms with Gasteiger partial charge in [-0.1, -0.05) is 0 Å². The van der Waals surface area contributed by atoms with Gasteiger partial charge in [-0.3, -0.25) is 4.79 Å². The van der Waals surface area contributed by atoms with Crippen molar-refractivity contribution in [2.24, 2.45) is 5.73 Å². The number of amides is 1. The molecular weight excluding hydrogens is 262 g/mol. The van der Waals surface area contributed by atoms with Gasteiger partial charge < -0.3 is 15.4 Å². The highest BCUT2D eigenvalue weighted by Crippen LogP contribution is 2.16. The van der Waals surface area contributed by atoms with Gasteiger partial charge in [0.05, 0.1) is 11.1 Å². The molecule has 0 aromatic carbocycles. The zero-order valence-electron chi connectivity index (χ0n) is 11.3. The molecule has 1 aromatic rings. The second-order valence-electron chi connectivity index (χ2n) is 4.84. The summed E-state index contributed by atoms with van der Waals surface area (Å²) in [4.78, 5) is 18.2. The van der Waals surface area contributed by atoms with Crippen LogP contribution in [-0.2, 0) is 11.2 Å². The summed E-state index contributed by atoms with van der Waals surface area (Å²) in [5.41, 5.74) is 6.00. The largest absolute Gasteiger partial charge is 0.376 e. The minimum Gasteiger partial charge on any atom is -0.376 e. The van der Waals surface area contributed by atoms with Gasteiger partial charge in [0, 0.05) is 32.0 Å². The number of rotatable bonds is 5. The van der Waals surface area contributed by atoms with Crippen molar-refractivity contribution in [2.75, 3.05) is 26.7 Å². The van der Waals surface area contributed by atoms with E-state index in [1.165, 1.54) is 17.8 Å². The fourth-order valence-electron chi connectivity index (χ4n) is 2.18. The van der Waals surface area contributed by atoms with Crippen LogP contribution in [0.3, 0.4) is 0 Å². The van der Waals surface area contributed by atoms with Crippen LogP contribution >= 0.6 is 11.3 Å². The molecule has 106 valence electrons. The van der Waals surface area contributed by atoms with Gasteiger partial charge in [0.25, 0.3) is 5.91 Å². The number of likely N-dealkylation sites (N-methyl/N-ethyl adjacent to an activating group) is 1. The minimum atomic E-state index is -0.0336. The van der Waals surface area contributed by atoms with Gasteiger partial charge in [0.1, 0.15) is 5.69 Å². The molecule has 0 radical (unpaired) electrons. The summed E-state index contributed by atoms with van der Waals surface area (Å²) in [5.74, 6) is -0.0336. The van der Waals surface area contributed by atoms with Crippen LogP contribution in [0, 0.1) is 0 Å². The van der Waals surface area contributed by atoms with Gasteiger partial charge in [-0.05, 0) is 25.8 Å². The quantitative estimate of drug-likeness (QED) is 0.884. The predicted molar refractivity (Wildman–Crippen MR) is 75.4 cm³/mol. The normalized spacial score (nSPS) is 19.4. The Balaban J connectivity index is 1.89. The minimum absolute atomic E-state index is 0.0336. The fraction of sp³-hybridized carbons (Fsp3) is 0.692. The summed E-state index contributed by atoms with van der Waals surface area (Å²) in [6.45, 7) is 2.01. The van der Waals surface area contributed by atoms with Gasteiger partial charge in [-0.15, -0.1) is 11.3 Å². The van der Waals surface area contributed by atoms with Crippen LogP contribution in [0.5, 0.6) is 0 Å². The van der Waals surface area contributed by atoms with Crippen molar-refractivity contribution in [2.45, 2.75) is 31.8 Å². The molecule has 5 nitrogen and oxygen atoms in total. The van der Waals surface area contributed by atoms with Crippen LogP contribution in [-0.4, -0.2) is 48.6 Å². The third-order valence-corrected chi connectivity index (χ3v) is 4.14. The lowest BCUT2D eigenvalue weighted by Gasteiger charge is -2.27. The highest BCUT2D eigenvalue weighted by Gasteiger charge is 2.21. The second-order valence-corrected chi connectivity index (χ2v) is 5.78. The third kappa shape index (κ3) is 3.99. The number of nitrogens with zero attached hydrogens (tertiary/aromatic N) is 2.